The number of ether oxygens (including phenoxy) is 1. The van der Waals surface area contributed by atoms with Crippen LogP contribution in [0.4, 0.5) is 16.2 Å². The van der Waals surface area contributed by atoms with Gasteiger partial charge in [-0.05, 0) is 24.3 Å². The van der Waals surface area contributed by atoms with Crippen LogP contribution in [0.25, 0.3) is 0 Å². The van der Waals surface area contributed by atoms with Crippen molar-refractivity contribution >= 4 is 29.2 Å². The fourth-order valence-corrected chi connectivity index (χ4v) is 3.00. The Balaban J connectivity index is 1.79. The first-order chi connectivity index (χ1) is 13.1. The number of amides is 4. The zero-order chi connectivity index (χ0) is 19.2. The molecule has 1 heterocycles. The maximum atomic E-state index is 12.9. The fourth-order valence-electron chi connectivity index (χ4n) is 3.00. The van der Waals surface area contributed by atoms with Crippen molar-refractivity contribution in [2.75, 3.05) is 30.5 Å². The van der Waals surface area contributed by atoms with E-state index in [0.29, 0.717) is 11.4 Å². The number of benzene rings is 2. The molecule has 1 aliphatic rings. The van der Waals surface area contributed by atoms with Crippen molar-refractivity contribution in [3.8, 4) is 0 Å². The Morgan fingerprint density at radius 2 is 1.67 bits per heavy atom. The van der Waals surface area contributed by atoms with Crippen LogP contribution in [-0.2, 0) is 14.3 Å². The highest BCUT2D eigenvalue weighted by Crippen LogP contribution is 2.26. The Kier molecular flexibility index (Phi) is 5.83. The number of methoxy groups -OCH3 is 1. The quantitative estimate of drug-likeness (QED) is 0.763. The van der Waals surface area contributed by atoms with Gasteiger partial charge in [-0.1, -0.05) is 36.4 Å². The lowest BCUT2D eigenvalue weighted by atomic mass is 10.1. The summed E-state index contributed by atoms with van der Waals surface area (Å²) in [4.78, 5) is 40.7. The molecule has 1 aliphatic heterocycles. The van der Waals surface area contributed by atoms with Gasteiger partial charge < -0.3 is 15.0 Å². The Bertz CT molecular complexity index is 810. The number of carbonyl (C=O) groups excluding carboxylic acids is 3. The summed E-state index contributed by atoms with van der Waals surface area (Å²) < 4.78 is 5.05. The second-order valence-corrected chi connectivity index (χ2v) is 6.11. The minimum absolute atomic E-state index is 0.119. The van der Waals surface area contributed by atoms with Gasteiger partial charge in [0.15, 0.2) is 0 Å². The molecule has 7 nitrogen and oxygen atoms in total. The Morgan fingerprint density at radius 3 is 2.30 bits per heavy atom. The van der Waals surface area contributed by atoms with Crippen LogP contribution < -0.4 is 10.2 Å². The first-order valence-corrected chi connectivity index (χ1v) is 8.65. The standard InChI is InChI=1S/C20H21N3O4/c1-27-13-12-22-17(14-18(24)21-15-8-4-2-5-9-15)19(25)23(20(22)26)16-10-6-3-7-11-16/h2-11,17H,12-14H2,1H3,(H,21,24). The van der Waals surface area contributed by atoms with E-state index in [1.165, 1.54) is 12.0 Å². The molecule has 1 atom stereocenters. The van der Waals surface area contributed by atoms with Gasteiger partial charge in [0.05, 0.1) is 18.7 Å². The van der Waals surface area contributed by atoms with E-state index >= 15 is 0 Å². The van der Waals surface area contributed by atoms with Crippen LogP contribution in [0.15, 0.2) is 60.7 Å². The molecule has 0 aliphatic carbocycles. The molecule has 3 rings (SSSR count). The number of urea groups is 1. The van der Waals surface area contributed by atoms with Crippen LogP contribution in [0.3, 0.4) is 0 Å². The van der Waals surface area contributed by atoms with Gasteiger partial charge in [0.1, 0.15) is 6.04 Å². The second kappa shape index (κ2) is 8.46. The summed E-state index contributed by atoms with van der Waals surface area (Å²) in [6.07, 6.45) is -0.119. The summed E-state index contributed by atoms with van der Waals surface area (Å²) in [6.45, 7) is 0.506. The number of nitrogens with one attached hydrogen (secondary N) is 1. The molecule has 140 valence electrons. The highest BCUT2D eigenvalue weighted by molar-refractivity contribution is 6.22. The predicted molar refractivity (Wildman–Crippen MR) is 101 cm³/mol. The number of carbonyl (C=O) groups is 3. The van der Waals surface area contributed by atoms with Gasteiger partial charge in [-0.15, -0.1) is 0 Å². The van der Waals surface area contributed by atoms with Crippen molar-refractivity contribution in [2.45, 2.75) is 12.5 Å². The van der Waals surface area contributed by atoms with Gasteiger partial charge in [0, 0.05) is 19.3 Å². The number of hydrogen-bond donors (Lipinski definition) is 1. The Hall–Kier alpha value is -3.19. The number of rotatable bonds is 7. The van der Waals surface area contributed by atoms with Gasteiger partial charge in [-0.25, -0.2) is 9.69 Å². The molecule has 0 spiro atoms. The highest BCUT2D eigenvalue weighted by atomic mass is 16.5. The predicted octanol–water partition coefficient (Wildman–Crippen LogP) is 2.50. The van der Waals surface area contributed by atoms with Crippen LogP contribution >= 0.6 is 0 Å². The maximum absolute atomic E-state index is 12.9. The third-order valence-corrected chi connectivity index (χ3v) is 4.31. The average molecular weight is 367 g/mol. The Morgan fingerprint density at radius 1 is 1.04 bits per heavy atom. The lowest BCUT2D eigenvalue weighted by Gasteiger charge is -2.21. The van der Waals surface area contributed by atoms with Crippen molar-refractivity contribution < 1.29 is 19.1 Å². The molecule has 1 saturated heterocycles. The zero-order valence-corrected chi connectivity index (χ0v) is 15.0. The minimum atomic E-state index is -0.864. The van der Waals surface area contributed by atoms with Crippen LogP contribution in [0.2, 0.25) is 0 Å². The molecule has 27 heavy (non-hydrogen) atoms. The van der Waals surface area contributed by atoms with Gasteiger partial charge in [0.2, 0.25) is 5.91 Å². The summed E-state index contributed by atoms with van der Waals surface area (Å²) >= 11 is 0. The van der Waals surface area contributed by atoms with E-state index in [9.17, 15) is 14.4 Å². The summed E-state index contributed by atoms with van der Waals surface area (Å²) in [7, 11) is 1.52. The van der Waals surface area contributed by atoms with Crippen LogP contribution in [0.1, 0.15) is 6.42 Å². The molecule has 4 amide bonds. The van der Waals surface area contributed by atoms with E-state index < -0.39 is 18.0 Å². The summed E-state index contributed by atoms with van der Waals surface area (Å²) in [5.41, 5.74) is 1.13. The molecule has 0 radical (unpaired) electrons. The number of imide groups is 1. The maximum Gasteiger partial charge on any atom is 0.332 e. The Labute approximate surface area is 157 Å². The SMILES string of the molecule is COCCN1C(=O)N(c2ccccc2)C(=O)C1CC(=O)Nc1ccccc1. The number of para-hydroxylation sites is 2. The van der Waals surface area contributed by atoms with Gasteiger partial charge in [0.25, 0.3) is 5.91 Å². The van der Waals surface area contributed by atoms with Gasteiger partial charge in [-0.3, -0.25) is 9.59 Å². The van der Waals surface area contributed by atoms with E-state index in [2.05, 4.69) is 5.32 Å². The molecule has 0 bridgehead atoms. The van der Waals surface area contributed by atoms with E-state index in [1.54, 1.807) is 36.4 Å². The topological polar surface area (TPSA) is 79.0 Å². The number of hydrogen-bond acceptors (Lipinski definition) is 4. The van der Waals surface area contributed by atoms with Crippen molar-refractivity contribution in [1.82, 2.24) is 4.90 Å². The van der Waals surface area contributed by atoms with Crippen LogP contribution in [-0.4, -0.2) is 49.0 Å². The second-order valence-electron chi connectivity index (χ2n) is 6.11. The zero-order valence-electron chi connectivity index (χ0n) is 15.0. The normalized spacial score (nSPS) is 16.7. The first kappa shape index (κ1) is 18.6. The van der Waals surface area contributed by atoms with Crippen molar-refractivity contribution in [1.29, 1.82) is 0 Å². The number of nitrogens with zero attached hydrogens (tertiary/aromatic N) is 2. The van der Waals surface area contributed by atoms with Gasteiger partial charge in [-0.2, -0.15) is 0 Å². The van der Waals surface area contributed by atoms with E-state index in [4.69, 9.17) is 4.74 Å². The molecular formula is C20H21N3O4. The first-order valence-electron chi connectivity index (χ1n) is 8.65. The molecule has 1 fully saturated rings. The summed E-state index contributed by atoms with van der Waals surface area (Å²) in [6, 6.07) is 16.4. The molecule has 2 aromatic carbocycles. The third kappa shape index (κ3) is 4.15. The van der Waals surface area contributed by atoms with E-state index in [-0.39, 0.29) is 25.5 Å². The van der Waals surface area contributed by atoms with Crippen LogP contribution in [0, 0.1) is 0 Å². The van der Waals surface area contributed by atoms with Gasteiger partial charge >= 0.3 is 6.03 Å². The smallest absolute Gasteiger partial charge is 0.332 e. The number of anilines is 2. The third-order valence-electron chi connectivity index (χ3n) is 4.31. The van der Waals surface area contributed by atoms with E-state index in [1.807, 2.05) is 24.3 Å². The molecule has 1 unspecified atom stereocenters. The molecule has 1 N–H and O–H groups in total. The lowest BCUT2D eigenvalue weighted by Crippen LogP contribution is -2.39. The lowest BCUT2D eigenvalue weighted by molar-refractivity contribution is -0.124. The summed E-state index contributed by atoms with van der Waals surface area (Å²) in [5, 5.41) is 2.76. The molecule has 0 aromatic heterocycles. The average Bonchev–Trinajstić information content (AvgIpc) is 2.91. The molecule has 2 aromatic rings. The van der Waals surface area contributed by atoms with Crippen molar-refractivity contribution in [2.24, 2.45) is 0 Å². The van der Waals surface area contributed by atoms with Crippen LogP contribution in [0.5, 0.6) is 0 Å². The minimum Gasteiger partial charge on any atom is -0.383 e. The van der Waals surface area contributed by atoms with Crippen molar-refractivity contribution in [3.63, 3.8) is 0 Å². The largest absolute Gasteiger partial charge is 0.383 e. The molecule has 7 heteroatoms. The summed E-state index contributed by atoms with van der Waals surface area (Å²) in [5.74, 6) is -0.741. The van der Waals surface area contributed by atoms with Crippen molar-refractivity contribution in [3.05, 3.63) is 60.7 Å². The van der Waals surface area contributed by atoms with E-state index in [0.717, 1.165) is 4.90 Å². The monoisotopic (exact) mass is 367 g/mol. The molecular weight excluding hydrogens is 346 g/mol. The highest BCUT2D eigenvalue weighted by Gasteiger charge is 2.46. The molecule has 0 saturated carbocycles. The fraction of sp³-hybridized carbons (Fsp3) is 0.250.